The average molecular weight is 280 g/mol. The Morgan fingerprint density at radius 1 is 1.15 bits per heavy atom. The maximum atomic E-state index is 5.72. The average Bonchev–Trinajstić information content (AvgIpc) is 2.81. The van der Waals surface area contributed by atoms with E-state index in [9.17, 15) is 0 Å². The van der Waals surface area contributed by atoms with Gasteiger partial charge in [0.1, 0.15) is 4.99 Å². The molecule has 0 atom stereocenters. The minimum Gasteiger partial charge on any atom is -0.389 e. The van der Waals surface area contributed by atoms with E-state index in [-0.39, 0.29) is 0 Å². The summed E-state index contributed by atoms with van der Waals surface area (Å²) in [7, 11) is 0. The highest BCUT2D eigenvalue weighted by atomic mass is 32.1. The van der Waals surface area contributed by atoms with Crippen LogP contribution in [-0.2, 0) is 6.54 Å². The molecule has 2 N–H and O–H groups in total. The second kappa shape index (κ2) is 5.10. The van der Waals surface area contributed by atoms with Crippen molar-refractivity contribution >= 4 is 28.1 Å². The van der Waals surface area contributed by atoms with E-state index in [0.717, 1.165) is 17.6 Å². The van der Waals surface area contributed by atoms with Crippen LogP contribution >= 0.6 is 12.2 Å². The maximum absolute atomic E-state index is 5.72. The SMILES string of the molecule is Cc1cccc(Cn2ccc3ccc(C(N)=S)cc32)c1. The molecule has 3 heteroatoms. The van der Waals surface area contributed by atoms with E-state index in [2.05, 4.69) is 60.2 Å². The van der Waals surface area contributed by atoms with E-state index in [0.29, 0.717) is 4.99 Å². The van der Waals surface area contributed by atoms with Gasteiger partial charge >= 0.3 is 0 Å². The molecule has 3 rings (SSSR count). The number of fused-ring (bicyclic) bond motifs is 1. The quantitative estimate of drug-likeness (QED) is 0.743. The van der Waals surface area contributed by atoms with Crippen molar-refractivity contribution in [2.24, 2.45) is 5.73 Å². The van der Waals surface area contributed by atoms with E-state index < -0.39 is 0 Å². The number of nitrogens with two attached hydrogens (primary N) is 1. The van der Waals surface area contributed by atoms with Crippen molar-refractivity contribution in [3.05, 3.63) is 71.4 Å². The molecule has 2 nitrogen and oxygen atoms in total. The molecule has 100 valence electrons. The van der Waals surface area contributed by atoms with Gasteiger partial charge in [-0.2, -0.15) is 0 Å². The highest BCUT2D eigenvalue weighted by molar-refractivity contribution is 7.80. The van der Waals surface area contributed by atoms with Gasteiger partial charge in [0, 0.05) is 23.8 Å². The van der Waals surface area contributed by atoms with Gasteiger partial charge in [-0.1, -0.05) is 54.2 Å². The Kier molecular flexibility index (Phi) is 3.28. The predicted octanol–water partition coefficient (Wildman–Crippen LogP) is 3.63. The van der Waals surface area contributed by atoms with Crippen molar-refractivity contribution in [3.8, 4) is 0 Å². The van der Waals surface area contributed by atoms with Crippen LogP contribution in [0, 0.1) is 6.92 Å². The lowest BCUT2D eigenvalue weighted by atomic mass is 10.1. The van der Waals surface area contributed by atoms with E-state index >= 15 is 0 Å². The fourth-order valence-electron chi connectivity index (χ4n) is 2.48. The zero-order valence-corrected chi connectivity index (χ0v) is 12.2. The molecule has 2 aromatic carbocycles. The standard InChI is InChI=1S/C17H16N2S/c1-12-3-2-4-13(9-12)11-19-8-7-14-5-6-15(17(18)20)10-16(14)19/h2-10H,11H2,1H3,(H2,18,20). The van der Waals surface area contributed by atoms with Crippen LogP contribution in [-0.4, -0.2) is 9.56 Å². The van der Waals surface area contributed by atoms with Gasteiger partial charge in [0.2, 0.25) is 0 Å². The van der Waals surface area contributed by atoms with Crippen LogP contribution < -0.4 is 5.73 Å². The molecule has 0 amide bonds. The second-order valence-electron chi connectivity index (χ2n) is 5.07. The number of benzene rings is 2. The fraction of sp³-hybridized carbons (Fsp3) is 0.118. The molecular formula is C17H16N2S. The Balaban J connectivity index is 2.03. The van der Waals surface area contributed by atoms with Gasteiger partial charge in [-0.3, -0.25) is 0 Å². The normalized spacial score (nSPS) is 10.8. The van der Waals surface area contributed by atoms with Crippen molar-refractivity contribution in [2.45, 2.75) is 13.5 Å². The Morgan fingerprint density at radius 3 is 2.75 bits per heavy atom. The minimum atomic E-state index is 0.440. The molecular weight excluding hydrogens is 264 g/mol. The summed E-state index contributed by atoms with van der Waals surface area (Å²) in [6.45, 7) is 2.97. The van der Waals surface area contributed by atoms with Crippen molar-refractivity contribution in [1.82, 2.24) is 4.57 Å². The highest BCUT2D eigenvalue weighted by Gasteiger charge is 2.04. The summed E-state index contributed by atoms with van der Waals surface area (Å²) < 4.78 is 2.23. The van der Waals surface area contributed by atoms with Crippen molar-refractivity contribution in [2.75, 3.05) is 0 Å². The third kappa shape index (κ3) is 2.45. The van der Waals surface area contributed by atoms with Crippen molar-refractivity contribution in [1.29, 1.82) is 0 Å². The Morgan fingerprint density at radius 2 is 2.00 bits per heavy atom. The molecule has 0 aliphatic rings. The molecule has 0 aliphatic carbocycles. The van der Waals surface area contributed by atoms with Crippen LogP contribution in [0.4, 0.5) is 0 Å². The first-order valence-corrected chi connectivity index (χ1v) is 6.98. The van der Waals surface area contributed by atoms with Gasteiger partial charge in [0.05, 0.1) is 0 Å². The molecule has 0 saturated heterocycles. The molecule has 0 aliphatic heterocycles. The Hall–Kier alpha value is -2.13. The maximum Gasteiger partial charge on any atom is 0.104 e. The Labute approximate surface area is 123 Å². The summed E-state index contributed by atoms with van der Waals surface area (Å²) in [6.07, 6.45) is 2.11. The monoisotopic (exact) mass is 280 g/mol. The lowest BCUT2D eigenvalue weighted by molar-refractivity contribution is 0.836. The van der Waals surface area contributed by atoms with Crippen LogP contribution in [0.2, 0.25) is 0 Å². The number of aryl methyl sites for hydroxylation is 1. The van der Waals surface area contributed by atoms with Crippen LogP contribution in [0.1, 0.15) is 16.7 Å². The molecule has 0 bridgehead atoms. The van der Waals surface area contributed by atoms with Crippen molar-refractivity contribution < 1.29 is 0 Å². The van der Waals surface area contributed by atoms with Gasteiger partial charge in [-0.05, 0) is 30.0 Å². The number of nitrogens with zero attached hydrogens (tertiary/aromatic N) is 1. The molecule has 0 fully saturated rings. The van der Waals surface area contributed by atoms with Gasteiger partial charge in [-0.25, -0.2) is 0 Å². The summed E-state index contributed by atoms with van der Waals surface area (Å²) in [5.74, 6) is 0. The second-order valence-corrected chi connectivity index (χ2v) is 5.51. The molecule has 3 aromatic rings. The summed E-state index contributed by atoms with van der Waals surface area (Å²) in [4.78, 5) is 0.440. The van der Waals surface area contributed by atoms with Crippen LogP contribution in [0.5, 0.6) is 0 Å². The fourth-order valence-corrected chi connectivity index (χ4v) is 2.61. The van der Waals surface area contributed by atoms with Gasteiger partial charge in [0.25, 0.3) is 0 Å². The third-order valence-electron chi connectivity index (χ3n) is 3.49. The number of thiocarbonyl (C=S) groups is 1. The van der Waals surface area contributed by atoms with Crippen LogP contribution in [0.25, 0.3) is 10.9 Å². The van der Waals surface area contributed by atoms with Gasteiger partial charge in [0.15, 0.2) is 0 Å². The highest BCUT2D eigenvalue weighted by Crippen LogP contribution is 2.19. The number of rotatable bonds is 3. The first-order valence-electron chi connectivity index (χ1n) is 6.58. The number of hydrogen-bond acceptors (Lipinski definition) is 1. The largest absolute Gasteiger partial charge is 0.389 e. The van der Waals surface area contributed by atoms with E-state index in [1.54, 1.807) is 0 Å². The minimum absolute atomic E-state index is 0.440. The van der Waals surface area contributed by atoms with Gasteiger partial charge < -0.3 is 10.3 Å². The van der Waals surface area contributed by atoms with E-state index in [1.807, 2.05) is 6.07 Å². The van der Waals surface area contributed by atoms with Crippen LogP contribution in [0.3, 0.4) is 0 Å². The molecule has 0 unspecified atom stereocenters. The zero-order chi connectivity index (χ0) is 14.1. The number of aromatic nitrogens is 1. The molecule has 1 heterocycles. The third-order valence-corrected chi connectivity index (χ3v) is 3.73. The topological polar surface area (TPSA) is 30.9 Å². The summed E-state index contributed by atoms with van der Waals surface area (Å²) in [6, 6.07) is 16.8. The first kappa shape index (κ1) is 12.9. The molecule has 0 saturated carbocycles. The zero-order valence-electron chi connectivity index (χ0n) is 11.3. The van der Waals surface area contributed by atoms with Gasteiger partial charge in [-0.15, -0.1) is 0 Å². The first-order chi connectivity index (χ1) is 9.63. The van der Waals surface area contributed by atoms with E-state index in [1.165, 1.54) is 16.5 Å². The predicted molar refractivity (Wildman–Crippen MR) is 88.1 cm³/mol. The molecule has 0 spiro atoms. The smallest absolute Gasteiger partial charge is 0.104 e. The molecule has 1 aromatic heterocycles. The number of hydrogen-bond donors (Lipinski definition) is 1. The van der Waals surface area contributed by atoms with Crippen molar-refractivity contribution in [3.63, 3.8) is 0 Å². The lowest BCUT2D eigenvalue weighted by Crippen LogP contribution is -2.09. The van der Waals surface area contributed by atoms with Crippen LogP contribution in [0.15, 0.2) is 54.7 Å². The molecule has 0 radical (unpaired) electrons. The molecule has 20 heavy (non-hydrogen) atoms. The van der Waals surface area contributed by atoms with E-state index in [4.69, 9.17) is 18.0 Å². The lowest BCUT2D eigenvalue weighted by Gasteiger charge is -2.07. The Bertz CT molecular complexity index is 787. The summed E-state index contributed by atoms with van der Waals surface area (Å²) in [5.41, 5.74) is 10.4. The summed E-state index contributed by atoms with van der Waals surface area (Å²) >= 11 is 5.06. The summed E-state index contributed by atoms with van der Waals surface area (Å²) in [5, 5.41) is 1.21.